The summed E-state index contributed by atoms with van der Waals surface area (Å²) in [5.41, 5.74) is 4.85. The van der Waals surface area contributed by atoms with E-state index in [1.54, 1.807) is 18.2 Å². The Hall–Kier alpha value is -5.78. The van der Waals surface area contributed by atoms with Crippen molar-refractivity contribution < 1.29 is 57.8 Å². The molecule has 7 heterocycles. The normalized spacial score (nSPS) is 26.5. The summed E-state index contributed by atoms with van der Waals surface area (Å²) in [6, 6.07) is 12.4. The van der Waals surface area contributed by atoms with E-state index in [9.17, 15) is 24.6 Å². The van der Waals surface area contributed by atoms with Gasteiger partial charge in [-0.05, 0) is 72.7 Å². The van der Waals surface area contributed by atoms with Crippen LogP contribution in [0.5, 0.6) is 40.2 Å². The number of aromatic hydroxyl groups is 1. The van der Waals surface area contributed by atoms with Crippen molar-refractivity contribution in [1.82, 2.24) is 15.5 Å². The number of phenolic OH excluding ortho intramolecular Hbond substituents is 1. The number of hydrogen-bond acceptors (Lipinski definition) is 16. The van der Waals surface area contributed by atoms with E-state index in [1.807, 2.05) is 55.1 Å². The number of aliphatic hydroxyl groups is 1. The van der Waals surface area contributed by atoms with Crippen LogP contribution in [0.1, 0.15) is 74.3 Å². The number of phenols is 1. The lowest BCUT2D eigenvalue weighted by Crippen LogP contribution is -2.69. The van der Waals surface area contributed by atoms with Gasteiger partial charge in [-0.2, -0.15) is 0 Å². The number of rotatable bonds is 6. The predicted molar refractivity (Wildman–Crippen MR) is 229 cm³/mol. The minimum absolute atomic E-state index is 0.00462. The van der Waals surface area contributed by atoms with Gasteiger partial charge in [0.2, 0.25) is 6.79 Å². The van der Waals surface area contributed by atoms with Gasteiger partial charge in [0, 0.05) is 53.6 Å². The number of carbonyl (C=O) groups excluding carboxylic acids is 3. The van der Waals surface area contributed by atoms with Crippen molar-refractivity contribution in [1.29, 1.82) is 0 Å². The Morgan fingerprint density at radius 2 is 1.75 bits per heavy atom. The molecular weight excluding hydrogens is 831 g/mol. The van der Waals surface area contributed by atoms with Gasteiger partial charge in [0.15, 0.2) is 40.0 Å². The van der Waals surface area contributed by atoms with Gasteiger partial charge in [-0.15, -0.1) is 11.8 Å². The molecule has 11 rings (SSSR count). The third kappa shape index (κ3) is 6.52. The average molecular weight is 878 g/mol. The maximum absolute atomic E-state index is 15.0. The molecule has 328 valence electrons. The number of piperazine rings is 1. The first-order valence-electron chi connectivity index (χ1n) is 20.9. The number of esters is 3. The van der Waals surface area contributed by atoms with Crippen LogP contribution in [0, 0.1) is 13.8 Å². The minimum Gasteiger partial charge on any atom is -0.504 e. The van der Waals surface area contributed by atoms with Crippen molar-refractivity contribution in [2.24, 2.45) is 0 Å². The summed E-state index contributed by atoms with van der Waals surface area (Å²) in [6.45, 7) is 5.10. The first-order valence-corrected chi connectivity index (χ1v) is 21.9. The van der Waals surface area contributed by atoms with Gasteiger partial charge in [0.1, 0.15) is 18.6 Å². The zero-order valence-electron chi connectivity index (χ0n) is 35.3. The van der Waals surface area contributed by atoms with Crippen LogP contribution in [0.4, 0.5) is 0 Å². The lowest BCUT2D eigenvalue weighted by atomic mass is 9.74. The SMILES string of the molecule is COc1cc2c(cc1OC(=O)/C=C/c1ccccc1)CCN[C@]21CS[C@@H]2c3c(OC(C)=O)c(C)c4c(c3[C@H](COC1=O)N1C2[C@H]2N[C@@H](Cc3cc(C)c(OC)c(O)c32)[C@@H]1O)OCO4. The molecule has 1 unspecified atom stereocenters. The number of nitrogens with one attached hydrogen (secondary N) is 2. The number of fused-ring (bicyclic) bond motifs is 9. The summed E-state index contributed by atoms with van der Waals surface area (Å²) in [4.78, 5) is 43.1. The average Bonchev–Trinajstić information content (AvgIpc) is 3.77. The molecule has 0 aliphatic carbocycles. The fraction of sp³-hybridized carbons (Fsp3) is 0.383. The van der Waals surface area contributed by atoms with Gasteiger partial charge in [-0.3, -0.25) is 15.0 Å². The Kier molecular flexibility index (Phi) is 10.3. The van der Waals surface area contributed by atoms with Crippen LogP contribution in [0.2, 0.25) is 0 Å². The van der Waals surface area contributed by atoms with Crippen molar-refractivity contribution in [3.8, 4) is 40.2 Å². The molecule has 4 aromatic carbocycles. The highest BCUT2D eigenvalue weighted by Gasteiger charge is 2.60. The summed E-state index contributed by atoms with van der Waals surface area (Å²) < 4.78 is 42.2. The molecule has 7 aliphatic heterocycles. The number of nitrogens with zero attached hydrogens (tertiary/aromatic N) is 1. The van der Waals surface area contributed by atoms with E-state index < -0.39 is 59.1 Å². The summed E-state index contributed by atoms with van der Waals surface area (Å²) in [5.74, 6) is 0.361. The van der Waals surface area contributed by atoms with Crippen LogP contribution in [0.15, 0.2) is 54.6 Å². The lowest BCUT2D eigenvalue weighted by molar-refractivity contribution is -0.164. The summed E-state index contributed by atoms with van der Waals surface area (Å²) >= 11 is 1.44. The van der Waals surface area contributed by atoms with Crippen LogP contribution >= 0.6 is 11.8 Å². The molecular formula is C47H47N3O12S. The number of hydrogen-bond donors (Lipinski definition) is 4. The lowest BCUT2D eigenvalue weighted by Gasteiger charge is -2.59. The number of thioether (sulfide) groups is 1. The van der Waals surface area contributed by atoms with Crippen molar-refractivity contribution >= 4 is 35.7 Å². The van der Waals surface area contributed by atoms with Crippen molar-refractivity contribution in [3.63, 3.8) is 0 Å². The van der Waals surface area contributed by atoms with Crippen molar-refractivity contribution in [2.45, 2.75) is 74.8 Å². The number of methoxy groups -OCH3 is 2. The molecule has 0 amide bonds. The van der Waals surface area contributed by atoms with Crippen LogP contribution in [0.25, 0.3) is 6.08 Å². The fourth-order valence-corrected chi connectivity index (χ4v) is 12.2. The molecule has 0 saturated carbocycles. The molecule has 4 N–H and O–H groups in total. The highest BCUT2D eigenvalue weighted by molar-refractivity contribution is 7.99. The van der Waals surface area contributed by atoms with Gasteiger partial charge in [-0.25, -0.2) is 9.59 Å². The van der Waals surface area contributed by atoms with Gasteiger partial charge in [0.05, 0.1) is 37.6 Å². The van der Waals surface area contributed by atoms with E-state index in [2.05, 4.69) is 10.6 Å². The molecule has 2 saturated heterocycles. The Labute approximate surface area is 367 Å². The standard InChI is InChI=1S/C47H47N3O12S/c1-22-15-27-16-29-45(54)50-30-19-58-46(55)47(28-18-31(56-4)32(17-26(28)13-14-48-47)62-33(52)12-11-25-9-7-6-8-10-25)20-63-44(38(50)37(49-29)34(27)39(53)40(22)57-5)36-35(30)43-42(59-21-60-43)23(2)41(36)61-24(3)51/h6-12,15,17-18,29-30,37-38,44-45,48-49,53-54H,13-14,16,19-21H2,1-5H3/b12-11+/t29-,30-,37-,38?,44+,45-,47+/m0/s1. The Bertz CT molecular complexity index is 2600. The Balaban J connectivity index is 1.12. The van der Waals surface area contributed by atoms with Crippen molar-refractivity contribution in [3.05, 3.63) is 105 Å². The van der Waals surface area contributed by atoms with E-state index in [0.29, 0.717) is 70.2 Å². The molecule has 7 atom stereocenters. The van der Waals surface area contributed by atoms with Crippen LogP contribution < -0.4 is 39.1 Å². The number of benzene rings is 4. The molecule has 7 aliphatic rings. The third-order valence-corrected chi connectivity index (χ3v) is 14.6. The maximum atomic E-state index is 15.0. The Morgan fingerprint density at radius 1 is 0.952 bits per heavy atom. The predicted octanol–water partition coefficient (Wildman–Crippen LogP) is 4.98. The molecule has 2 fully saturated rings. The fourth-order valence-electron chi connectivity index (χ4n) is 10.5. The minimum atomic E-state index is -1.44. The number of aryl methyl sites for hydroxylation is 1. The molecule has 63 heavy (non-hydrogen) atoms. The zero-order valence-corrected chi connectivity index (χ0v) is 36.1. The number of aliphatic hydroxyl groups excluding tert-OH is 1. The van der Waals surface area contributed by atoms with E-state index in [4.69, 9.17) is 33.2 Å². The van der Waals surface area contributed by atoms with Gasteiger partial charge < -0.3 is 48.7 Å². The molecule has 1 spiro atoms. The van der Waals surface area contributed by atoms with Gasteiger partial charge >= 0.3 is 17.9 Å². The molecule has 16 heteroatoms. The second kappa shape index (κ2) is 15.8. The molecule has 0 radical (unpaired) electrons. The second-order valence-electron chi connectivity index (χ2n) is 16.6. The van der Waals surface area contributed by atoms with Crippen LogP contribution in [-0.4, -0.2) is 91.2 Å². The smallest absolute Gasteiger partial charge is 0.336 e. The van der Waals surface area contributed by atoms with Gasteiger partial charge in [0.25, 0.3) is 0 Å². The van der Waals surface area contributed by atoms with E-state index in [-0.39, 0.29) is 36.4 Å². The van der Waals surface area contributed by atoms with Crippen LogP contribution in [0.3, 0.4) is 0 Å². The number of ether oxygens (including phenoxy) is 7. The third-order valence-electron chi connectivity index (χ3n) is 13.2. The highest BCUT2D eigenvalue weighted by Crippen LogP contribution is 2.63. The van der Waals surface area contributed by atoms with Crippen LogP contribution in [-0.2, 0) is 37.5 Å². The quantitative estimate of drug-likeness (QED) is 0.115. The summed E-state index contributed by atoms with van der Waals surface area (Å²) in [7, 11) is 2.99. The first kappa shape index (κ1) is 41.2. The molecule has 15 nitrogen and oxygen atoms in total. The molecule has 0 aromatic heterocycles. The zero-order chi connectivity index (χ0) is 43.9. The second-order valence-corrected chi connectivity index (χ2v) is 17.8. The summed E-state index contributed by atoms with van der Waals surface area (Å²) in [6.07, 6.45) is 2.84. The van der Waals surface area contributed by atoms with E-state index >= 15 is 0 Å². The van der Waals surface area contributed by atoms with E-state index in [0.717, 1.165) is 22.3 Å². The molecule has 4 aromatic rings. The topological polar surface area (TPSA) is 184 Å². The largest absolute Gasteiger partial charge is 0.504 e. The Morgan fingerprint density at radius 3 is 2.51 bits per heavy atom. The van der Waals surface area contributed by atoms with Crippen molar-refractivity contribution in [2.75, 3.05) is 39.9 Å². The maximum Gasteiger partial charge on any atom is 0.336 e. The number of carbonyl (C=O) groups is 3. The molecule has 4 bridgehead atoms. The van der Waals surface area contributed by atoms with Gasteiger partial charge in [-0.1, -0.05) is 36.4 Å². The summed E-state index contributed by atoms with van der Waals surface area (Å²) in [5, 5.41) is 31.1. The highest BCUT2D eigenvalue weighted by atomic mass is 32.2. The van der Waals surface area contributed by atoms with E-state index in [1.165, 1.54) is 39.0 Å². The monoisotopic (exact) mass is 877 g/mol. The first-order chi connectivity index (χ1) is 30.4.